The van der Waals surface area contributed by atoms with E-state index >= 15 is 0 Å². The zero-order chi connectivity index (χ0) is 16.1. The van der Waals surface area contributed by atoms with Gasteiger partial charge in [0.05, 0.1) is 0 Å². The number of benzene rings is 2. The molecule has 2 aromatic carbocycles. The molecule has 23 heavy (non-hydrogen) atoms. The van der Waals surface area contributed by atoms with Crippen LogP contribution >= 0.6 is 0 Å². The van der Waals surface area contributed by atoms with Crippen LogP contribution in [0.1, 0.15) is 11.1 Å². The van der Waals surface area contributed by atoms with E-state index in [0.29, 0.717) is 0 Å². The van der Waals surface area contributed by atoms with E-state index in [1.54, 1.807) is 0 Å². The molecule has 1 aromatic heterocycles. The Morgan fingerprint density at radius 1 is 0.739 bits per heavy atom. The van der Waals surface area contributed by atoms with Gasteiger partial charge >= 0.3 is 0 Å². The van der Waals surface area contributed by atoms with Crippen LogP contribution in [0.2, 0.25) is 0 Å². The van der Waals surface area contributed by atoms with Crippen LogP contribution in [0.15, 0.2) is 73.1 Å². The van der Waals surface area contributed by atoms with Gasteiger partial charge in [-0.15, -0.1) is 0 Å². The molecule has 0 radical (unpaired) electrons. The van der Waals surface area contributed by atoms with Gasteiger partial charge in [-0.2, -0.15) is 0 Å². The zero-order valence-electron chi connectivity index (χ0n) is 13.5. The zero-order valence-corrected chi connectivity index (χ0v) is 13.5. The van der Waals surface area contributed by atoms with E-state index in [1.165, 1.54) is 16.8 Å². The van der Waals surface area contributed by atoms with E-state index < -0.39 is 0 Å². The quantitative estimate of drug-likeness (QED) is 0.753. The maximum Gasteiger partial charge on any atom is 0.0385 e. The molecule has 3 rings (SSSR count). The number of hydrogen-bond acceptors (Lipinski definition) is 3. The van der Waals surface area contributed by atoms with E-state index in [0.717, 1.165) is 17.8 Å². The molecule has 3 heteroatoms. The average molecular weight is 303 g/mol. The first-order valence-corrected chi connectivity index (χ1v) is 7.73. The second-order valence-electron chi connectivity index (χ2n) is 5.80. The first-order valence-electron chi connectivity index (χ1n) is 7.73. The Bertz CT molecular complexity index is 732. The third kappa shape index (κ3) is 4.10. The maximum absolute atomic E-state index is 4.05. The molecule has 3 aromatic rings. The van der Waals surface area contributed by atoms with Crippen molar-refractivity contribution in [1.29, 1.82) is 0 Å². The third-order valence-electron chi connectivity index (χ3n) is 3.78. The lowest BCUT2D eigenvalue weighted by atomic mass is 10.1. The molecule has 1 N–H and O–H groups in total. The molecular weight excluding hydrogens is 282 g/mol. The molecule has 0 aliphatic rings. The molecule has 0 unspecified atom stereocenters. The minimum absolute atomic E-state index is 0.931. The van der Waals surface area contributed by atoms with Gasteiger partial charge < -0.3 is 10.2 Å². The summed E-state index contributed by atoms with van der Waals surface area (Å²) in [6.45, 7) is 0. The van der Waals surface area contributed by atoms with Crippen molar-refractivity contribution in [2.45, 2.75) is 6.42 Å². The number of nitrogens with zero attached hydrogens (tertiary/aromatic N) is 2. The van der Waals surface area contributed by atoms with E-state index in [9.17, 15) is 0 Å². The fourth-order valence-corrected chi connectivity index (χ4v) is 2.45. The van der Waals surface area contributed by atoms with Crippen molar-refractivity contribution >= 4 is 17.1 Å². The van der Waals surface area contributed by atoms with Gasteiger partial charge in [-0.25, -0.2) is 0 Å². The second-order valence-corrected chi connectivity index (χ2v) is 5.80. The predicted molar refractivity (Wildman–Crippen MR) is 97.5 cm³/mol. The van der Waals surface area contributed by atoms with Crippen molar-refractivity contribution in [3.05, 3.63) is 84.2 Å². The highest BCUT2D eigenvalue weighted by atomic mass is 15.1. The Morgan fingerprint density at radius 3 is 1.83 bits per heavy atom. The van der Waals surface area contributed by atoms with Crippen LogP contribution < -0.4 is 10.2 Å². The van der Waals surface area contributed by atoms with E-state index in [-0.39, 0.29) is 0 Å². The number of anilines is 3. The fraction of sp³-hybridized carbons (Fsp3) is 0.150. The van der Waals surface area contributed by atoms with Gasteiger partial charge in [0.1, 0.15) is 0 Å². The summed E-state index contributed by atoms with van der Waals surface area (Å²) in [6.07, 6.45) is 4.60. The van der Waals surface area contributed by atoms with Gasteiger partial charge in [-0.05, 0) is 66.1 Å². The summed E-state index contributed by atoms with van der Waals surface area (Å²) in [4.78, 5) is 6.15. The topological polar surface area (TPSA) is 28.2 Å². The van der Waals surface area contributed by atoms with Crippen LogP contribution in [-0.2, 0) is 6.42 Å². The van der Waals surface area contributed by atoms with Crippen molar-refractivity contribution in [2.24, 2.45) is 0 Å². The van der Waals surface area contributed by atoms with Crippen LogP contribution in [0.4, 0.5) is 17.1 Å². The molecule has 0 saturated heterocycles. The Morgan fingerprint density at radius 2 is 1.26 bits per heavy atom. The van der Waals surface area contributed by atoms with Crippen LogP contribution in [0.25, 0.3) is 0 Å². The summed E-state index contributed by atoms with van der Waals surface area (Å²) in [5.41, 5.74) is 5.96. The summed E-state index contributed by atoms with van der Waals surface area (Å²) < 4.78 is 0. The lowest BCUT2D eigenvalue weighted by Gasteiger charge is -2.13. The fourth-order valence-electron chi connectivity index (χ4n) is 2.45. The van der Waals surface area contributed by atoms with E-state index in [4.69, 9.17) is 0 Å². The van der Waals surface area contributed by atoms with Crippen LogP contribution in [0.5, 0.6) is 0 Å². The van der Waals surface area contributed by atoms with Gasteiger partial charge in [0.15, 0.2) is 0 Å². The van der Waals surface area contributed by atoms with Crippen molar-refractivity contribution in [3.63, 3.8) is 0 Å². The van der Waals surface area contributed by atoms with Gasteiger partial charge in [-0.3, -0.25) is 4.98 Å². The predicted octanol–water partition coefficient (Wildman–Crippen LogP) is 4.48. The lowest BCUT2D eigenvalue weighted by Crippen LogP contribution is -2.08. The molecule has 0 spiro atoms. The van der Waals surface area contributed by atoms with Crippen molar-refractivity contribution in [1.82, 2.24) is 4.98 Å². The van der Waals surface area contributed by atoms with Crippen molar-refractivity contribution in [2.75, 3.05) is 24.3 Å². The van der Waals surface area contributed by atoms with Crippen LogP contribution in [0.3, 0.4) is 0 Å². The van der Waals surface area contributed by atoms with Crippen molar-refractivity contribution in [3.8, 4) is 0 Å². The molecule has 0 atom stereocenters. The minimum Gasteiger partial charge on any atom is -0.378 e. The molecule has 0 fully saturated rings. The Hall–Kier alpha value is -2.81. The van der Waals surface area contributed by atoms with E-state index in [2.05, 4.69) is 75.9 Å². The summed E-state index contributed by atoms with van der Waals surface area (Å²) in [5.74, 6) is 0. The average Bonchev–Trinajstić information content (AvgIpc) is 2.58. The summed E-state index contributed by atoms with van der Waals surface area (Å²) in [7, 11) is 4.09. The lowest BCUT2D eigenvalue weighted by molar-refractivity contribution is 1.13. The smallest absolute Gasteiger partial charge is 0.0385 e. The normalized spacial score (nSPS) is 10.3. The molecule has 0 bridgehead atoms. The number of pyridine rings is 1. The van der Waals surface area contributed by atoms with E-state index in [1.807, 2.05) is 26.5 Å². The summed E-state index contributed by atoms with van der Waals surface area (Å²) in [6, 6.07) is 21.1. The first kappa shape index (κ1) is 15.1. The highest BCUT2D eigenvalue weighted by Gasteiger charge is 1.99. The number of hydrogen-bond donors (Lipinski definition) is 1. The monoisotopic (exact) mass is 303 g/mol. The van der Waals surface area contributed by atoms with Gasteiger partial charge in [-0.1, -0.05) is 12.1 Å². The van der Waals surface area contributed by atoms with Gasteiger partial charge in [0.25, 0.3) is 0 Å². The molecule has 3 nitrogen and oxygen atoms in total. The molecule has 0 aliphatic heterocycles. The second kappa shape index (κ2) is 6.97. The standard InChI is InChI=1S/C20H21N3/c1-23(2)20-9-7-19(8-10-20)22-18-5-3-16(4-6-18)15-17-11-13-21-14-12-17/h3-14,22H,15H2,1-2H3. The Balaban J connectivity index is 1.65. The Labute approximate surface area is 137 Å². The van der Waals surface area contributed by atoms with Gasteiger partial charge in [0, 0.05) is 43.6 Å². The molecule has 0 saturated carbocycles. The number of nitrogens with one attached hydrogen (secondary N) is 1. The highest BCUT2D eigenvalue weighted by Crippen LogP contribution is 2.21. The van der Waals surface area contributed by atoms with Crippen LogP contribution in [-0.4, -0.2) is 19.1 Å². The molecule has 116 valence electrons. The SMILES string of the molecule is CN(C)c1ccc(Nc2ccc(Cc3ccncc3)cc2)cc1. The van der Waals surface area contributed by atoms with Gasteiger partial charge in [0.2, 0.25) is 0 Å². The molecule has 1 heterocycles. The molecular formula is C20H21N3. The number of rotatable bonds is 5. The largest absolute Gasteiger partial charge is 0.378 e. The van der Waals surface area contributed by atoms with Crippen molar-refractivity contribution < 1.29 is 0 Å². The number of aromatic nitrogens is 1. The summed E-state index contributed by atoms with van der Waals surface area (Å²) in [5, 5.41) is 3.43. The Kier molecular flexibility index (Phi) is 4.57. The maximum atomic E-state index is 4.05. The molecule has 0 aliphatic carbocycles. The minimum atomic E-state index is 0.931. The first-order chi connectivity index (χ1) is 11.2. The van der Waals surface area contributed by atoms with Crippen LogP contribution in [0, 0.1) is 0 Å². The third-order valence-corrected chi connectivity index (χ3v) is 3.78. The molecule has 0 amide bonds. The summed E-state index contributed by atoms with van der Waals surface area (Å²) >= 11 is 0. The highest BCUT2D eigenvalue weighted by molar-refractivity contribution is 5.63.